The van der Waals surface area contributed by atoms with E-state index in [-0.39, 0.29) is 156 Å². The van der Waals surface area contributed by atoms with Crippen molar-refractivity contribution in [3.8, 4) is 0 Å². The van der Waals surface area contributed by atoms with Gasteiger partial charge in [-0.15, -0.1) is 0 Å². The van der Waals surface area contributed by atoms with Gasteiger partial charge in [-0.1, -0.05) is 136 Å². The van der Waals surface area contributed by atoms with Crippen molar-refractivity contribution < 1.29 is 124 Å². The number of fused-ring (bicyclic) bond motifs is 2. The Hall–Kier alpha value is -5.09. The van der Waals surface area contributed by atoms with Gasteiger partial charge in [0.05, 0.1) is 90.4 Å². The molecular weight excluding hydrogens is 1680 g/mol. The molecule has 0 radical (unpaired) electrons. The minimum Gasteiger partial charge on any atom is -0.469 e. The number of esters is 9. The monoisotopic (exact) mass is 1860 g/mol. The Morgan fingerprint density at radius 2 is 0.802 bits per heavy atom. The molecule has 14 rings (SSSR count). The summed E-state index contributed by atoms with van der Waals surface area (Å²) in [6, 6.07) is 0. The Kier molecular flexibility index (Phi) is 56.6. The molecule has 0 aromatic carbocycles. The van der Waals surface area contributed by atoms with Gasteiger partial charge in [0.15, 0.2) is 26.2 Å². The van der Waals surface area contributed by atoms with Gasteiger partial charge in [0, 0.05) is 45.5 Å². The highest BCUT2D eigenvalue weighted by atomic mass is 16.7. The summed E-state index contributed by atoms with van der Waals surface area (Å²) in [5.41, 5.74) is -0.247. The van der Waals surface area contributed by atoms with Gasteiger partial charge in [-0.05, 0) is 295 Å². The lowest BCUT2D eigenvalue weighted by Crippen LogP contribution is -2.53. The summed E-state index contributed by atoms with van der Waals surface area (Å²) in [6.45, 7) is 47.5. The normalized spacial score (nSPS) is 28.3. The molecule has 0 spiro atoms. The first-order valence-electron chi connectivity index (χ1n) is 52.0. The lowest BCUT2D eigenvalue weighted by molar-refractivity contribution is -0.247. The van der Waals surface area contributed by atoms with Gasteiger partial charge < -0.3 is 80.5 Å². The Labute approximate surface area is 791 Å². The fourth-order valence-corrected chi connectivity index (χ4v) is 20.0. The number of hydrogen-bond acceptors (Lipinski definition) is 26. The second kappa shape index (κ2) is 62.7. The van der Waals surface area contributed by atoms with E-state index in [0.29, 0.717) is 25.7 Å². The quantitative estimate of drug-likeness (QED) is 0.0241. The first-order valence-corrected chi connectivity index (χ1v) is 52.0. The van der Waals surface area contributed by atoms with Gasteiger partial charge in [0.25, 0.3) is 0 Å². The van der Waals surface area contributed by atoms with Crippen LogP contribution in [0.15, 0.2) is 0 Å². The molecule has 0 aromatic rings. The van der Waals surface area contributed by atoms with E-state index in [1.807, 2.05) is 152 Å². The Bertz CT molecular complexity index is 3130. The van der Waals surface area contributed by atoms with Crippen LogP contribution in [0.3, 0.4) is 0 Å². The van der Waals surface area contributed by atoms with Crippen molar-refractivity contribution in [1.82, 2.24) is 0 Å². The molecule has 0 amide bonds. The molecule has 26 heteroatoms. The number of hydrogen-bond donors (Lipinski definition) is 0. The molecule has 0 aromatic heterocycles. The van der Waals surface area contributed by atoms with E-state index in [2.05, 4.69) is 4.74 Å². The second-order valence-electron chi connectivity index (χ2n) is 40.6. The van der Waals surface area contributed by atoms with E-state index < -0.39 is 18.4 Å². The number of ether oxygens (including phenoxy) is 17. The predicted octanol–water partition coefficient (Wildman–Crippen LogP) is 23.3. The van der Waals surface area contributed by atoms with Gasteiger partial charge in [-0.25, -0.2) is 0 Å². The van der Waals surface area contributed by atoms with Crippen LogP contribution in [0.1, 0.15) is 410 Å². The number of rotatable bonds is 37. The summed E-state index contributed by atoms with van der Waals surface area (Å²) in [5, 5.41) is 0. The van der Waals surface area contributed by atoms with E-state index in [0.717, 1.165) is 183 Å². The van der Waals surface area contributed by atoms with Crippen molar-refractivity contribution in [2.45, 2.75) is 464 Å². The summed E-state index contributed by atoms with van der Waals surface area (Å²) in [7, 11) is 1.42. The van der Waals surface area contributed by atoms with Crippen LogP contribution in [0, 0.1) is 100 Å². The van der Waals surface area contributed by atoms with Crippen LogP contribution in [0.5, 0.6) is 0 Å². The van der Waals surface area contributed by atoms with Crippen LogP contribution in [-0.4, -0.2) is 162 Å². The summed E-state index contributed by atoms with van der Waals surface area (Å²) < 4.78 is 90.8. The predicted molar refractivity (Wildman–Crippen MR) is 503 cm³/mol. The summed E-state index contributed by atoms with van der Waals surface area (Å²) in [6.07, 6.45) is 41.5. The fourth-order valence-electron chi connectivity index (χ4n) is 20.0. The van der Waals surface area contributed by atoms with Crippen LogP contribution in [0.2, 0.25) is 0 Å². The smallest absolute Gasteiger partial charge is 0.311 e. The summed E-state index contributed by atoms with van der Waals surface area (Å²) in [4.78, 5) is 103. The largest absolute Gasteiger partial charge is 0.469 e. The molecule has 10 bridgehead atoms. The van der Waals surface area contributed by atoms with Gasteiger partial charge in [0.1, 0.15) is 0 Å². The molecule has 15 unspecified atom stereocenters. The van der Waals surface area contributed by atoms with Crippen molar-refractivity contribution in [2.75, 3.05) is 53.7 Å². The SMILES string of the molecule is CCC(C)(C)C(=O)OC.CCC(C)C(=O)OC(C)OC12CC3CC(CC(C3)C1)C2.CCC(C)C(=O)OC(C)OC1CCCCC1.CCC(C)C(=O)OC1CCCCO1.CCC(C)C(=O)OC1CCCO1.CCC(C)C(=O)OCOC12CC3CC(CC(C3)C1)C2.CCOC(C)OC(=O)C1CC2CCC1C2.CCOC1(OC(=O)C(C)CC)CCCCC1.CCOCOC(=O)C(C)CC. The van der Waals surface area contributed by atoms with Gasteiger partial charge in [-0.3, -0.25) is 43.2 Å². The van der Waals surface area contributed by atoms with Crippen molar-refractivity contribution in [3.05, 3.63) is 0 Å². The van der Waals surface area contributed by atoms with Gasteiger partial charge in [-0.2, -0.15) is 0 Å². The van der Waals surface area contributed by atoms with Gasteiger partial charge >= 0.3 is 53.7 Å². The first kappa shape index (κ1) is 118. The third-order valence-corrected chi connectivity index (χ3v) is 29.2. The van der Waals surface area contributed by atoms with Crippen molar-refractivity contribution in [2.24, 2.45) is 100 Å². The first-order chi connectivity index (χ1) is 62.3. The highest BCUT2D eigenvalue weighted by Gasteiger charge is 2.54. The third kappa shape index (κ3) is 43.2. The van der Waals surface area contributed by atoms with E-state index in [1.54, 1.807) is 6.92 Å². The second-order valence-corrected chi connectivity index (χ2v) is 40.6. The van der Waals surface area contributed by atoms with Crippen molar-refractivity contribution in [1.29, 1.82) is 0 Å². The molecule has 14 fully saturated rings. The lowest BCUT2D eigenvalue weighted by Gasteiger charge is -2.56. The highest BCUT2D eigenvalue weighted by Crippen LogP contribution is 2.59. The zero-order valence-corrected chi connectivity index (χ0v) is 86.3. The third-order valence-electron chi connectivity index (χ3n) is 29.2. The molecule has 762 valence electrons. The maximum atomic E-state index is 11.9. The molecule has 12 saturated carbocycles. The molecule has 2 heterocycles. The number of carbonyl (C=O) groups excluding carboxylic acids is 9. The lowest BCUT2D eigenvalue weighted by atomic mass is 9.54. The average molecular weight is 1860 g/mol. The summed E-state index contributed by atoms with van der Waals surface area (Å²) >= 11 is 0. The molecule has 12 aliphatic carbocycles. The minimum atomic E-state index is -0.618. The number of carbonyl (C=O) groups is 9. The van der Waals surface area contributed by atoms with Crippen molar-refractivity contribution in [3.63, 3.8) is 0 Å². The zero-order valence-electron chi connectivity index (χ0n) is 86.3. The van der Waals surface area contributed by atoms with E-state index >= 15 is 0 Å². The molecule has 26 nitrogen and oxygen atoms in total. The van der Waals surface area contributed by atoms with E-state index in [9.17, 15) is 43.2 Å². The maximum Gasteiger partial charge on any atom is 0.311 e. The van der Waals surface area contributed by atoms with Crippen LogP contribution in [0.4, 0.5) is 0 Å². The molecule has 2 aliphatic heterocycles. The molecule has 14 aliphatic rings. The highest BCUT2D eigenvalue weighted by molar-refractivity contribution is 5.76. The van der Waals surface area contributed by atoms with E-state index in [1.165, 1.54) is 129 Å². The molecule has 131 heavy (non-hydrogen) atoms. The van der Waals surface area contributed by atoms with Crippen molar-refractivity contribution >= 4 is 53.7 Å². The zero-order chi connectivity index (χ0) is 97.4. The van der Waals surface area contributed by atoms with Crippen LogP contribution in [0.25, 0.3) is 0 Å². The van der Waals surface area contributed by atoms with Gasteiger partial charge in [0.2, 0.25) is 24.7 Å². The Morgan fingerprint density at radius 3 is 1.19 bits per heavy atom. The standard InChI is InChI=1S/C17H28O3.C16H26O3.2C13H24O3.C12H20O3.C10H18O3.C9H16O3.C8H16O3.C7H14O2/c1-4-11(2)16(18)19-12(3)20-17-8-13-5-14(9-17)7-15(6-13)10-17;1-3-11(2)15(17)18-10-19-16-7-12-4-13(8-16)6-14(5-12)9-16;1-4-10(2)13(14)16-11(3)15-12-8-6-5-7-9-12;1-4-11(3)12(14)16-13(15-5-2)9-7-6-8-10-13;1-3-14-8(2)15-12(13)11-7-9-4-5-10(11)6-9;1-3-8(2)10(11)13-9-6-4-5-7-12-9;1-3-7(2)9(10)12-8-5-4-6-11-8;1-4-7(3)8(9)11-6-10-5-2;1-5-7(2,3)6(8)9-4/h11-15H,4-10H2,1-3H3;11-14H,3-10H2,1-2H3;10-12H,4-9H2,1-3H3;11H,4-10H2,1-3H3;8-11H,3-7H2,1-2H3;8-9H,3-7H2,1-2H3;7-8H,3-6H2,1-2H3;7H,4-6H2,1-3H3;5H2,1-4H3. The fraction of sp³-hybridized carbons (Fsp3) is 0.914. The Balaban J connectivity index is 0.000000311. The average Bonchev–Trinajstić information content (AvgIpc) is 1.31. The topological polar surface area (TPSA) is 311 Å². The molecule has 0 N–H and O–H groups in total. The molecule has 15 atom stereocenters. The van der Waals surface area contributed by atoms with Crippen LogP contribution in [-0.2, 0) is 124 Å². The van der Waals surface area contributed by atoms with Crippen LogP contribution < -0.4 is 0 Å². The molecule has 2 saturated heterocycles. The number of methoxy groups -OCH3 is 1. The Morgan fingerprint density at radius 1 is 0.382 bits per heavy atom. The summed E-state index contributed by atoms with van der Waals surface area (Å²) in [5.74, 6) is 4.87. The maximum absolute atomic E-state index is 11.9. The minimum absolute atomic E-state index is 0.00537. The van der Waals surface area contributed by atoms with E-state index in [4.69, 9.17) is 75.8 Å². The molecular formula is C105H186O26. The van der Waals surface area contributed by atoms with Crippen LogP contribution >= 0.6 is 0 Å².